The molecular formula is C16H14ClF4N3O2. The van der Waals surface area contributed by atoms with Crippen LogP contribution in [-0.2, 0) is 0 Å². The Morgan fingerprint density at radius 1 is 1.31 bits per heavy atom. The van der Waals surface area contributed by atoms with Crippen LogP contribution in [0.3, 0.4) is 0 Å². The first-order chi connectivity index (χ1) is 12.1. The lowest BCUT2D eigenvalue weighted by atomic mass is 10.1. The molecule has 0 radical (unpaired) electrons. The average molecular weight is 392 g/mol. The molecule has 1 heterocycles. The summed E-state index contributed by atoms with van der Waals surface area (Å²) in [5.74, 6) is -1.94. The van der Waals surface area contributed by atoms with Crippen LogP contribution in [-0.4, -0.2) is 39.5 Å². The van der Waals surface area contributed by atoms with Crippen LogP contribution in [0.1, 0.15) is 24.2 Å². The number of ether oxygens (including phenoxy) is 1. The third kappa shape index (κ3) is 5.29. The SMILES string of the molecule is CC(C)N(CC(F)(F)F)C(=O)c1cc(F)cc(Oc2cncnc2Cl)c1. The highest BCUT2D eigenvalue weighted by Crippen LogP contribution is 2.28. The fraction of sp³-hybridized carbons (Fsp3) is 0.312. The molecular weight excluding hydrogens is 378 g/mol. The number of benzene rings is 1. The molecule has 1 amide bonds. The Hall–Kier alpha value is -2.42. The molecule has 0 aliphatic carbocycles. The first-order valence-electron chi connectivity index (χ1n) is 7.38. The predicted molar refractivity (Wildman–Crippen MR) is 85.7 cm³/mol. The van der Waals surface area contributed by atoms with Crippen molar-refractivity contribution in [2.45, 2.75) is 26.1 Å². The molecule has 140 valence electrons. The maximum atomic E-state index is 13.9. The molecule has 0 N–H and O–H groups in total. The molecule has 0 saturated heterocycles. The van der Waals surface area contributed by atoms with Crippen LogP contribution in [0.15, 0.2) is 30.7 Å². The third-order valence-corrected chi connectivity index (χ3v) is 3.50. The van der Waals surface area contributed by atoms with Crippen LogP contribution in [0.4, 0.5) is 17.6 Å². The van der Waals surface area contributed by atoms with Crippen molar-refractivity contribution in [1.29, 1.82) is 0 Å². The van der Waals surface area contributed by atoms with Crippen LogP contribution in [0.5, 0.6) is 11.5 Å². The van der Waals surface area contributed by atoms with Gasteiger partial charge in [0.15, 0.2) is 10.9 Å². The molecule has 0 unspecified atom stereocenters. The summed E-state index contributed by atoms with van der Waals surface area (Å²) in [5.41, 5.74) is -0.286. The largest absolute Gasteiger partial charge is 0.452 e. The zero-order valence-electron chi connectivity index (χ0n) is 13.7. The van der Waals surface area contributed by atoms with E-state index in [1.165, 1.54) is 26.4 Å². The molecule has 26 heavy (non-hydrogen) atoms. The lowest BCUT2D eigenvalue weighted by Crippen LogP contribution is -2.43. The molecule has 0 aliphatic heterocycles. The Morgan fingerprint density at radius 2 is 2.00 bits per heavy atom. The van der Waals surface area contributed by atoms with Crippen molar-refractivity contribution >= 4 is 17.5 Å². The summed E-state index contributed by atoms with van der Waals surface area (Å²) in [7, 11) is 0. The summed E-state index contributed by atoms with van der Waals surface area (Å²) in [6.07, 6.45) is -2.18. The second kappa shape index (κ2) is 7.86. The van der Waals surface area contributed by atoms with E-state index in [-0.39, 0.29) is 22.2 Å². The van der Waals surface area contributed by atoms with Gasteiger partial charge in [0, 0.05) is 17.7 Å². The lowest BCUT2D eigenvalue weighted by Gasteiger charge is -2.28. The zero-order valence-corrected chi connectivity index (χ0v) is 14.5. The van der Waals surface area contributed by atoms with E-state index in [1.807, 2.05) is 0 Å². The molecule has 0 fully saturated rings. The van der Waals surface area contributed by atoms with Crippen LogP contribution < -0.4 is 4.74 Å². The Bertz CT molecular complexity index is 799. The summed E-state index contributed by atoms with van der Waals surface area (Å²) in [5, 5.41) is -0.0435. The number of carbonyl (C=O) groups excluding carboxylic acids is 1. The summed E-state index contributed by atoms with van der Waals surface area (Å²) in [6.45, 7) is 1.41. The Labute approximate surface area is 151 Å². The van der Waals surface area contributed by atoms with Gasteiger partial charge in [0.05, 0.1) is 6.20 Å². The van der Waals surface area contributed by atoms with Crippen LogP contribution >= 0.6 is 11.6 Å². The second-order valence-corrected chi connectivity index (χ2v) is 5.96. The molecule has 0 bridgehead atoms. The molecule has 1 aromatic carbocycles. The van der Waals surface area contributed by atoms with Gasteiger partial charge in [0.2, 0.25) is 0 Å². The molecule has 2 rings (SSSR count). The zero-order chi connectivity index (χ0) is 19.5. The van der Waals surface area contributed by atoms with Gasteiger partial charge >= 0.3 is 6.18 Å². The minimum Gasteiger partial charge on any atom is -0.452 e. The maximum absolute atomic E-state index is 13.9. The smallest absolute Gasteiger partial charge is 0.406 e. The van der Waals surface area contributed by atoms with E-state index in [0.29, 0.717) is 4.90 Å². The van der Waals surface area contributed by atoms with Crippen molar-refractivity contribution in [3.05, 3.63) is 47.3 Å². The Kier molecular flexibility index (Phi) is 6.01. The summed E-state index contributed by atoms with van der Waals surface area (Å²) in [6, 6.07) is 2.18. The molecule has 0 aliphatic rings. The van der Waals surface area contributed by atoms with Crippen LogP contribution in [0.25, 0.3) is 0 Å². The summed E-state index contributed by atoms with van der Waals surface area (Å²) in [4.78, 5) is 20.4. The first-order valence-corrected chi connectivity index (χ1v) is 7.76. The van der Waals surface area contributed by atoms with E-state index in [2.05, 4.69) is 9.97 Å². The van der Waals surface area contributed by atoms with Gasteiger partial charge in [-0.15, -0.1) is 0 Å². The molecule has 0 spiro atoms. The minimum atomic E-state index is -4.58. The number of carbonyl (C=O) groups is 1. The number of aromatic nitrogens is 2. The van der Waals surface area contributed by atoms with Gasteiger partial charge < -0.3 is 9.64 Å². The molecule has 10 heteroatoms. The van der Waals surface area contributed by atoms with Gasteiger partial charge in [-0.2, -0.15) is 13.2 Å². The van der Waals surface area contributed by atoms with Gasteiger partial charge in [0.1, 0.15) is 24.4 Å². The van der Waals surface area contributed by atoms with Gasteiger partial charge in [-0.3, -0.25) is 4.79 Å². The Balaban J connectivity index is 2.33. The van der Waals surface area contributed by atoms with Crippen molar-refractivity contribution in [2.24, 2.45) is 0 Å². The second-order valence-electron chi connectivity index (χ2n) is 5.60. The maximum Gasteiger partial charge on any atom is 0.406 e. The summed E-state index contributed by atoms with van der Waals surface area (Å²) < 4.78 is 57.3. The Morgan fingerprint density at radius 3 is 2.58 bits per heavy atom. The van der Waals surface area contributed by atoms with Crippen molar-refractivity contribution in [3.8, 4) is 11.5 Å². The van der Waals surface area contributed by atoms with E-state index >= 15 is 0 Å². The highest BCUT2D eigenvalue weighted by Gasteiger charge is 2.34. The minimum absolute atomic E-state index is 0.00849. The van der Waals surface area contributed by atoms with Gasteiger partial charge in [-0.25, -0.2) is 14.4 Å². The molecule has 1 aromatic heterocycles. The summed E-state index contributed by atoms with van der Waals surface area (Å²) >= 11 is 5.81. The van der Waals surface area contributed by atoms with Crippen molar-refractivity contribution in [3.63, 3.8) is 0 Å². The lowest BCUT2D eigenvalue weighted by molar-refractivity contribution is -0.143. The standard InChI is InChI=1S/C16H14ClF4N3O2/c1-9(2)24(7-16(19,20)21)15(25)10-3-11(18)5-12(4-10)26-13-6-22-8-23-14(13)17/h3-6,8-9H,7H2,1-2H3. The van der Waals surface area contributed by atoms with Gasteiger partial charge in [-0.1, -0.05) is 11.6 Å². The number of nitrogens with zero attached hydrogens (tertiary/aromatic N) is 3. The number of hydrogen-bond donors (Lipinski definition) is 0. The monoisotopic (exact) mass is 391 g/mol. The molecule has 0 saturated carbocycles. The normalized spacial score (nSPS) is 11.5. The van der Waals surface area contributed by atoms with E-state index < -0.39 is 30.5 Å². The molecule has 5 nitrogen and oxygen atoms in total. The fourth-order valence-corrected chi connectivity index (χ4v) is 2.22. The number of rotatable bonds is 5. The van der Waals surface area contributed by atoms with Crippen LogP contribution in [0, 0.1) is 5.82 Å². The van der Waals surface area contributed by atoms with E-state index in [0.717, 1.165) is 18.2 Å². The predicted octanol–water partition coefficient (Wildman–Crippen LogP) is 4.47. The quantitative estimate of drug-likeness (QED) is 0.557. The number of alkyl halides is 3. The van der Waals surface area contributed by atoms with Gasteiger partial charge in [-0.05, 0) is 26.0 Å². The average Bonchev–Trinajstić information content (AvgIpc) is 2.52. The number of halogens is 5. The fourth-order valence-electron chi connectivity index (χ4n) is 2.09. The van der Waals surface area contributed by atoms with Crippen molar-refractivity contribution < 1.29 is 27.1 Å². The molecule has 0 atom stereocenters. The van der Waals surface area contributed by atoms with Crippen molar-refractivity contribution in [2.75, 3.05) is 6.54 Å². The topological polar surface area (TPSA) is 55.3 Å². The number of hydrogen-bond acceptors (Lipinski definition) is 4. The van der Waals surface area contributed by atoms with Crippen LogP contribution in [0.2, 0.25) is 5.15 Å². The molecule has 2 aromatic rings. The van der Waals surface area contributed by atoms with Gasteiger partial charge in [0.25, 0.3) is 5.91 Å². The van der Waals surface area contributed by atoms with E-state index in [1.54, 1.807) is 0 Å². The van der Waals surface area contributed by atoms with Crippen molar-refractivity contribution in [1.82, 2.24) is 14.9 Å². The van der Waals surface area contributed by atoms with E-state index in [4.69, 9.17) is 16.3 Å². The third-order valence-electron chi connectivity index (χ3n) is 3.21. The first kappa shape index (κ1) is 19.9. The number of amides is 1. The van der Waals surface area contributed by atoms with E-state index in [9.17, 15) is 22.4 Å². The highest BCUT2D eigenvalue weighted by atomic mass is 35.5. The highest BCUT2D eigenvalue weighted by molar-refractivity contribution is 6.30.